The van der Waals surface area contributed by atoms with Gasteiger partial charge in [-0.2, -0.15) is 0 Å². The highest BCUT2D eigenvalue weighted by molar-refractivity contribution is 8.76. The maximum absolute atomic E-state index is 14.9. The molecule has 0 spiro atoms. The number of aliphatic hydroxyl groups excluding tert-OH is 1. The van der Waals surface area contributed by atoms with Gasteiger partial charge in [-0.1, -0.05) is 112 Å². The van der Waals surface area contributed by atoms with E-state index in [0.717, 1.165) is 52.3 Å². The standard InChI is InChI=1S/C80H124N20O23S3/c1-8-16-64(106)123-44-100(72(112)65(46(5)9-2)96-70(111)59-20-11-13-34-99(59)7)60(45(3)4)40-61(102)71-93-57(42-124-71)69(110)89-51(38-48-25-27-52(101)28-26-48)37-47(6)66(107)97-98-80(121)122-35-36-125-126-43-58(75(117)118)92-68(109)54(19-15-33-86-77(83)84)91-67(108)53(18-14-32-85-76(81)82)90-62(103)39-49-21-23-50(24-22-49)41-88-78(119)87-31-12-10-17-55(73(113)114)94-79(120)95-56(74(115)116)29-30-63(104)105/h21-28,42,45-47,51,53-56,58-61,65,101-102H,8-20,29-41,43-44H2,1-7H3,(H,89,110)(H,90,103)(H,91,108)(H,92,109)(H,96,111)(H,97,107)(H,98,121)(H,104,105)(H,113,114)(H,115,116)(H,117,118)(H4,81,82,85)(H4,83,84,86)(H2,87,88,119)(H2,94,95,120)/t46?,47-,51+,53-,54-,55-,56-,58-,59+,60+,61+,65-/m0/s1. The number of thiazole rings is 1. The van der Waals surface area contributed by atoms with Gasteiger partial charge in [0.25, 0.3) is 5.91 Å². The number of carboxylic acids is 4. The molecule has 12 atom stereocenters. The Morgan fingerprint density at radius 3 is 1.81 bits per heavy atom. The van der Waals surface area contributed by atoms with Crippen LogP contribution >= 0.6 is 32.9 Å². The monoisotopic (exact) mass is 1830 g/mol. The Morgan fingerprint density at radius 2 is 1.22 bits per heavy atom. The fourth-order valence-electron chi connectivity index (χ4n) is 13.0. The Bertz CT molecular complexity index is 4100. The highest BCUT2D eigenvalue weighted by Crippen LogP contribution is 2.30. The van der Waals surface area contributed by atoms with E-state index in [1.165, 1.54) is 22.4 Å². The van der Waals surface area contributed by atoms with Crippen molar-refractivity contribution in [1.29, 1.82) is 10.8 Å². The van der Waals surface area contributed by atoms with Crippen LogP contribution in [0.3, 0.4) is 0 Å². The van der Waals surface area contributed by atoms with Gasteiger partial charge in [0.15, 0.2) is 18.6 Å². The number of carbonyl (C=O) groups excluding carboxylic acids is 11. The summed E-state index contributed by atoms with van der Waals surface area (Å²) in [5.41, 5.74) is 17.1. The third-order valence-corrected chi connectivity index (χ3v) is 23.6. The number of carboxylic acid groups (broad SMARTS) is 4. The van der Waals surface area contributed by atoms with Crippen LogP contribution in [0.1, 0.15) is 189 Å². The van der Waals surface area contributed by atoms with E-state index in [1.807, 2.05) is 51.9 Å². The van der Waals surface area contributed by atoms with Crippen LogP contribution in [-0.4, -0.2) is 259 Å². The topological polar surface area (TPSA) is 671 Å². The molecule has 3 aromatic rings. The smallest absolute Gasteiger partial charge is 0.426 e. The summed E-state index contributed by atoms with van der Waals surface area (Å²) in [7, 11) is 3.94. The number of hydrogen-bond donors (Lipinski definition) is 23. The predicted molar refractivity (Wildman–Crippen MR) is 466 cm³/mol. The van der Waals surface area contributed by atoms with Crippen molar-refractivity contribution in [2.75, 3.05) is 58.1 Å². The molecule has 0 radical (unpaired) electrons. The van der Waals surface area contributed by atoms with Crippen LogP contribution in [0.15, 0.2) is 53.9 Å². The summed E-state index contributed by atoms with van der Waals surface area (Å²) in [6.07, 6.45) is 0.580. The molecule has 700 valence electrons. The van der Waals surface area contributed by atoms with Gasteiger partial charge in [-0.25, -0.2) is 39.2 Å². The second kappa shape index (κ2) is 57.2. The third kappa shape index (κ3) is 41.1. The van der Waals surface area contributed by atoms with Crippen LogP contribution in [-0.2, 0) is 81.6 Å². The van der Waals surface area contributed by atoms with Crippen LogP contribution in [0.4, 0.5) is 14.4 Å². The zero-order valence-electron chi connectivity index (χ0n) is 71.8. The summed E-state index contributed by atoms with van der Waals surface area (Å²) in [5.74, 6) is -13.1. The molecule has 2 aromatic carbocycles. The number of aromatic nitrogens is 1. The van der Waals surface area contributed by atoms with Crippen molar-refractivity contribution in [2.24, 2.45) is 29.2 Å². The number of rotatable bonds is 57. The predicted octanol–water partition coefficient (Wildman–Crippen LogP) is 2.30. The number of likely N-dealkylation sites (tertiary alicyclic amines) is 1. The minimum Gasteiger partial charge on any atom is -0.508 e. The Morgan fingerprint density at radius 1 is 0.635 bits per heavy atom. The number of ether oxygens (including phenoxy) is 2. The SMILES string of the molecule is CCCC(=O)OCN(C(=O)[C@@H](NC(=O)[C@H]1CCCCN1C)C(C)CC)[C@H](C[C@@H](O)c1nc(C(=O)N[C@@H](Cc2ccc(O)cc2)C[C@H](C)C(=O)NNC(=O)OCCSSC[C@H](NC(=O)[C@H](CCCNC(=N)N)NC(=O)[C@H](CCCNC(=N)N)NC(=O)Cc2ccc(CNC(=O)NCCCC[C@H](NC(=O)N[C@@H](CCC(=O)O)C(=O)O)C(=O)O)cc2)C(=O)O)cs1)C(C)C. The minimum absolute atomic E-state index is 0.000226. The first-order valence-corrected chi connectivity index (χ1v) is 44.9. The molecule has 1 saturated heterocycles. The largest absolute Gasteiger partial charge is 0.508 e. The Kier molecular flexibility index (Phi) is 48.5. The fourth-order valence-corrected chi connectivity index (χ4v) is 15.8. The van der Waals surface area contributed by atoms with Crippen LogP contribution < -0.4 is 80.8 Å². The van der Waals surface area contributed by atoms with E-state index >= 15 is 0 Å². The number of urea groups is 2. The zero-order valence-corrected chi connectivity index (χ0v) is 74.3. The van der Waals surface area contributed by atoms with E-state index in [9.17, 15) is 97.5 Å². The third-order valence-electron chi connectivity index (χ3n) is 20.2. The number of amides is 12. The van der Waals surface area contributed by atoms with Gasteiger partial charge in [0.1, 0.15) is 65.4 Å². The quantitative estimate of drug-likeness (QED) is 0.00733. The number of carbonyl (C=O) groups is 15. The first-order valence-electron chi connectivity index (χ1n) is 41.6. The van der Waals surface area contributed by atoms with E-state index in [1.54, 1.807) is 43.3 Å². The number of hydrogen-bond acceptors (Lipinski definition) is 26. The number of nitrogens with two attached hydrogens (primary N) is 2. The number of piperidine rings is 1. The van der Waals surface area contributed by atoms with Gasteiger partial charge in [-0.15, -0.1) is 11.3 Å². The molecule has 1 fully saturated rings. The summed E-state index contributed by atoms with van der Waals surface area (Å²) in [4.78, 5) is 203. The van der Waals surface area contributed by atoms with Crippen molar-refractivity contribution in [2.45, 2.75) is 231 Å². The lowest BCUT2D eigenvalue weighted by atomic mass is 9.92. The molecule has 1 aromatic heterocycles. The zero-order chi connectivity index (χ0) is 93.5. The van der Waals surface area contributed by atoms with E-state index in [0.29, 0.717) is 36.0 Å². The van der Waals surface area contributed by atoms with Gasteiger partial charge in [-0.05, 0) is 138 Å². The van der Waals surface area contributed by atoms with Crippen LogP contribution in [0.25, 0.3) is 0 Å². The molecule has 126 heavy (non-hydrogen) atoms. The van der Waals surface area contributed by atoms with E-state index in [2.05, 4.69) is 69.0 Å². The summed E-state index contributed by atoms with van der Waals surface area (Å²) in [6.45, 7) is 11.2. The summed E-state index contributed by atoms with van der Waals surface area (Å²) >= 11 is 1.000. The molecule has 1 unspecified atom stereocenters. The molecule has 0 saturated carbocycles. The average Bonchev–Trinajstić information content (AvgIpc) is 1.40. The number of aliphatic carboxylic acids is 4. The number of aliphatic hydroxyl groups is 1. The molecule has 43 nitrogen and oxygen atoms in total. The number of phenolic OH excluding ortho intramolecular Hbond substituents is 1. The number of esters is 1. The van der Waals surface area contributed by atoms with Crippen molar-refractivity contribution < 1.29 is 112 Å². The average molecular weight is 1830 g/mol. The molecule has 2 heterocycles. The van der Waals surface area contributed by atoms with Crippen molar-refractivity contribution >= 4 is 134 Å². The maximum Gasteiger partial charge on any atom is 0.426 e. The Hall–Kier alpha value is -11.5. The highest BCUT2D eigenvalue weighted by atomic mass is 33.1. The number of guanidine groups is 2. The molecular formula is C80H124N20O23S3. The van der Waals surface area contributed by atoms with Gasteiger partial charge in [0, 0.05) is 80.3 Å². The van der Waals surface area contributed by atoms with E-state index < -0.39 is 169 Å². The van der Waals surface area contributed by atoms with Crippen molar-refractivity contribution in [1.82, 2.24) is 84.1 Å². The van der Waals surface area contributed by atoms with E-state index in [4.69, 9.17) is 36.9 Å². The van der Waals surface area contributed by atoms with Crippen LogP contribution in [0.2, 0.25) is 0 Å². The molecule has 25 N–H and O–H groups in total. The molecule has 12 amide bonds. The highest BCUT2D eigenvalue weighted by Gasteiger charge is 2.40. The van der Waals surface area contributed by atoms with Gasteiger partial charge >= 0.3 is 48.0 Å². The number of unbranched alkanes of at least 4 members (excludes halogenated alkanes) is 1. The second-order valence-corrected chi connectivity index (χ2v) is 34.2. The van der Waals surface area contributed by atoms with Gasteiger partial charge in [0.05, 0.1) is 12.5 Å². The summed E-state index contributed by atoms with van der Waals surface area (Å²) in [6, 6.07) is 0.829. The normalized spacial score (nSPS) is 15.1. The number of nitrogens with one attached hydrogen (secondary N) is 15. The number of benzene rings is 2. The van der Waals surface area contributed by atoms with Crippen LogP contribution in [0, 0.1) is 28.6 Å². The first kappa shape index (κ1) is 107. The summed E-state index contributed by atoms with van der Waals surface area (Å²) in [5, 5.41) is 105. The number of hydrazine groups is 1. The molecule has 4 rings (SSSR count). The first-order chi connectivity index (χ1) is 59.8. The Labute approximate surface area is 742 Å². The van der Waals surface area contributed by atoms with Gasteiger partial charge < -0.3 is 115 Å². The molecule has 0 bridgehead atoms. The molecule has 1 aliphatic rings. The lowest BCUT2D eigenvalue weighted by molar-refractivity contribution is -0.159. The lowest BCUT2D eigenvalue weighted by Gasteiger charge is -2.39. The van der Waals surface area contributed by atoms with Gasteiger partial charge in [-0.3, -0.25) is 64.3 Å². The fraction of sp³-hybridized carbons (Fsp3) is 0.600. The summed E-state index contributed by atoms with van der Waals surface area (Å²) < 4.78 is 10.9. The number of nitrogens with zero attached hydrogens (tertiary/aromatic N) is 3. The maximum atomic E-state index is 14.9. The molecule has 1 aliphatic heterocycles. The molecular weight excluding hydrogens is 1710 g/mol. The minimum atomic E-state index is -1.57. The lowest BCUT2D eigenvalue weighted by Crippen LogP contribution is -2.59. The number of likely N-dealkylation sites (N-methyl/N-ethyl adjacent to an activating group) is 1. The number of aromatic hydroxyl groups is 1. The molecule has 0 aliphatic carbocycles. The van der Waals surface area contributed by atoms with Crippen molar-refractivity contribution in [3.63, 3.8) is 0 Å². The Balaban J connectivity index is 1.31. The van der Waals surface area contributed by atoms with Crippen molar-refractivity contribution in [3.05, 3.63) is 81.3 Å². The second-order valence-electron chi connectivity index (χ2n) is 30.7. The molecule has 46 heteroatoms. The van der Waals surface area contributed by atoms with Crippen LogP contribution in [0.5, 0.6) is 5.75 Å². The van der Waals surface area contributed by atoms with E-state index in [-0.39, 0.29) is 167 Å². The van der Waals surface area contributed by atoms with Gasteiger partial charge in [0.2, 0.25) is 35.4 Å². The van der Waals surface area contributed by atoms with Crippen molar-refractivity contribution in [3.8, 4) is 5.75 Å². The number of phenols is 1.